The van der Waals surface area contributed by atoms with E-state index in [4.69, 9.17) is 8.83 Å². The summed E-state index contributed by atoms with van der Waals surface area (Å²) in [6.45, 7) is 16.6. The molecule has 3 aliphatic rings. The molecule has 0 N–H and O–H groups in total. The van der Waals surface area contributed by atoms with Crippen molar-refractivity contribution in [1.29, 1.82) is 0 Å². The highest BCUT2D eigenvalue weighted by Gasteiger charge is 2.47. The minimum atomic E-state index is -0.101. The van der Waals surface area contributed by atoms with Crippen LogP contribution in [0.1, 0.15) is 78.0 Å². The largest absolute Gasteiger partial charge is 0.456 e. The van der Waals surface area contributed by atoms with Gasteiger partial charge in [-0.1, -0.05) is 115 Å². The van der Waals surface area contributed by atoms with Gasteiger partial charge in [0.05, 0.1) is 16.4 Å². The van der Waals surface area contributed by atoms with Gasteiger partial charge in [0.25, 0.3) is 0 Å². The van der Waals surface area contributed by atoms with E-state index in [1.54, 1.807) is 0 Å². The Kier molecular flexibility index (Phi) is 6.23. The molecule has 5 heteroatoms. The second kappa shape index (κ2) is 10.9. The Bertz CT molecular complexity index is 3500. The molecular weight excluding hydrogens is 719 g/mol. The maximum atomic E-state index is 6.84. The molecule has 286 valence electrons. The number of benzene rings is 7. The number of rotatable bonds is 1. The molecule has 1 aliphatic carbocycles. The van der Waals surface area contributed by atoms with E-state index in [1.165, 1.54) is 67.4 Å². The molecule has 0 bridgehead atoms. The Hall–Kier alpha value is -6.20. The molecule has 3 aromatic heterocycles. The maximum absolute atomic E-state index is 6.84. The lowest BCUT2D eigenvalue weighted by Gasteiger charge is -2.46. The molecule has 5 heterocycles. The number of fused-ring (bicyclic) bond motifs is 16. The molecule has 10 aromatic rings. The lowest BCUT2D eigenvalue weighted by Crippen LogP contribution is -2.60. The van der Waals surface area contributed by atoms with Crippen molar-refractivity contribution in [2.24, 2.45) is 0 Å². The van der Waals surface area contributed by atoms with E-state index in [-0.39, 0.29) is 23.1 Å². The van der Waals surface area contributed by atoms with E-state index in [1.807, 2.05) is 0 Å². The second-order valence-electron chi connectivity index (χ2n) is 20.0. The van der Waals surface area contributed by atoms with Gasteiger partial charge < -0.3 is 18.2 Å². The Labute approximate surface area is 344 Å². The van der Waals surface area contributed by atoms with Gasteiger partial charge in [-0.3, -0.25) is 0 Å². The fourth-order valence-electron chi connectivity index (χ4n) is 11.3. The number of nitrogens with zero attached hydrogens (tertiary/aromatic N) is 2. The van der Waals surface area contributed by atoms with Gasteiger partial charge in [-0.05, 0) is 111 Å². The predicted octanol–water partition coefficient (Wildman–Crippen LogP) is 13.5. The molecule has 0 fully saturated rings. The molecule has 0 spiro atoms. The van der Waals surface area contributed by atoms with Crippen molar-refractivity contribution >= 4 is 94.8 Å². The number of para-hydroxylation sites is 2. The minimum absolute atomic E-state index is 0.0418. The lowest BCUT2D eigenvalue weighted by atomic mass is 9.43. The molecule has 7 aromatic carbocycles. The fourth-order valence-corrected chi connectivity index (χ4v) is 11.3. The fraction of sp³-hybridized carbons (Fsp3) is 0.222. The van der Waals surface area contributed by atoms with Gasteiger partial charge in [0.1, 0.15) is 22.3 Å². The zero-order chi connectivity index (χ0) is 39.9. The Balaban J connectivity index is 1.22. The highest BCUT2D eigenvalue weighted by atomic mass is 16.3. The number of hydrogen-bond donors (Lipinski definition) is 0. The molecule has 0 saturated carbocycles. The van der Waals surface area contributed by atoms with E-state index < -0.39 is 0 Å². The quantitative estimate of drug-likeness (QED) is 0.156. The van der Waals surface area contributed by atoms with Crippen molar-refractivity contribution in [3.05, 3.63) is 138 Å². The SMILES string of the molecule is CC(C)(C)c1ccc(N2B3c4cc5c(cc4-n4c6ccc7c8ccccc8oc7c6c6ccc(c3c64)-c3cc4c(cc32)C(C)(C)CCC4(C)C)oc2ccccc25)cc1. The van der Waals surface area contributed by atoms with Crippen LogP contribution < -0.4 is 15.7 Å². The first-order chi connectivity index (χ1) is 28.4. The predicted molar refractivity (Wildman–Crippen MR) is 248 cm³/mol. The standard InChI is InChI=1S/C54H45BN2O2/c1-52(2,3)30-16-18-31(19-17-30)57-43-28-40-39(53(4,5)24-25-54(40,6)7)26-37(43)34-20-21-36-48-42(23-22-35-32-12-8-11-15-46(32)59-51(35)48)56-44-29-47-38(33-13-9-10-14-45(33)58-47)27-41(44)55(57)49(34)50(36)56/h8-23,26-29H,24-25H2,1-7H3. The van der Waals surface area contributed by atoms with Crippen molar-refractivity contribution in [3.63, 3.8) is 0 Å². The summed E-state index contributed by atoms with van der Waals surface area (Å²) in [5, 5.41) is 6.97. The van der Waals surface area contributed by atoms with E-state index in [2.05, 4.69) is 179 Å². The number of hydrogen-bond acceptors (Lipinski definition) is 3. The average Bonchev–Trinajstić information content (AvgIpc) is 3.90. The third-order valence-corrected chi connectivity index (χ3v) is 14.6. The van der Waals surface area contributed by atoms with Crippen molar-refractivity contribution in [1.82, 2.24) is 4.57 Å². The van der Waals surface area contributed by atoms with Crippen LogP contribution in [0.25, 0.3) is 82.5 Å². The Morgan fingerprint density at radius 2 is 1.24 bits per heavy atom. The van der Waals surface area contributed by atoms with Crippen LogP contribution in [0.15, 0.2) is 130 Å². The van der Waals surface area contributed by atoms with E-state index in [0.717, 1.165) is 66.9 Å². The third-order valence-electron chi connectivity index (χ3n) is 14.6. The normalized spacial score (nSPS) is 16.5. The average molecular weight is 765 g/mol. The van der Waals surface area contributed by atoms with Crippen molar-refractivity contribution in [3.8, 4) is 16.8 Å². The van der Waals surface area contributed by atoms with Crippen LogP contribution in [0.3, 0.4) is 0 Å². The minimum Gasteiger partial charge on any atom is -0.456 e. The van der Waals surface area contributed by atoms with Crippen LogP contribution in [0.4, 0.5) is 11.4 Å². The first kappa shape index (κ1) is 33.7. The molecule has 0 amide bonds. The molecule has 0 saturated heterocycles. The monoisotopic (exact) mass is 764 g/mol. The van der Waals surface area contributed by atoms with Crippen molar-refractivity contribution in [2.45, 2.75) is 77.6 Å². The van der Waals surface area contributed by atoms with Gasteiger partial charge in [-0.2, -0.15) is 0 Å². The Morgan fingerprint density at radius 1 is 0.576 bits per heavy atom. The van der Waals surface area contributed by atoms with Crippen LogP contribution in [0.5, 0.6) is 0 Å². The first-order valence-corrected chi connectivity index (χ1v) is 21.3. The van der Waals surface area contributed by atoms with Crippen LogP contribution >= 0.6 is 0 Å². The lowest BCUT2D eigenvalue weighted by molar-refractivity contribution is 0.332. The molecule has 13 rings (SSSR count). The van der Waals surface area contributed by atoms with Gasteiger partial charge in [0.15, 0.2) is 0 Å². The molecular formula is C54H45BN2O2. The van der Waals surface area contributed by atoms with Gasteiger partial charge in [-0.15, -0.1) is 0 Å². The second-order valence-corrected chi connectivity index (χ2v) is 20.0. The summed E-state index contributed by atoms with van der Waals surface area (Å²) in [5.41, 5.74) is 19.4. The molecule has 2 aliphatic heterocycles. The third kappa shape index (κ3) is 4.30. The summed E-state index contributed by atoms with van der Waals surface area (Å²) in [6, 6.07) is 45.7. The zero-order valence-corrected chi connectivity index (χ0v) is 34.7. The summed E-state index contributed by atoms with van der Waals surface area (Å²) < 4.78 is 16.0. The number of anilines is 2. The molecule has 0 unspecified atom stereocenters. The number of aromatic nitrogens is 1. The molecule has 4 nitrogen and oxygen atoms in total. The molecule has 0 radical (unpaired) electrons. The smallest absolute Gasteiger partial charge is 0.333 e. The van der Waals surface area contributed by atoms with Crippen LogP contribution in [-0.2, 0) is 16.2 Å². The Morgan fingerprint density at radius 3 is 1.97 bits per heavy atom. The van der Waals surface area contributed by atoms with Gasteiger partial charge in [-0.25, -0.2) is 0 Å². The maximum Gasteiger partial charge on any atom is 0.333 e. The van der Waals surface area contributed by atoms with Gasteiger partial charge >= 0.3 is 6.85 Å². The van der Waals surface area contributed by atoms with Gasteiger partial charge in [0, 0.05) is 55.6 Å². The van der Waals surface area contributed by atoms with Crippen LogP contribution in [-0.4, -0.2) is 11.4 Å². The summed E-state index contributed by atoms with van der Waals surface area (Å²) in [4.78, 5) is 2.69. The molecule has 59 heavy (non-hydrogen) atoms. The highest BCUT2D eigenvalue weighted by Crippen LogP contribution is 2.53. The highest BCUT2D eigenvalue weighted by molar-refractivity contribution is 6.94. The zero-order valence-electron chi connectivity index (χ0n) is 34.7. The van der Waals surface area contributed by atoms with Crippen LogP contribution in [0.2, 0.25) is 0 Å². The summed E-state index contributed by atoms with van der Waals surface area (Å²) in [7, 11) is 0. The van der Waals surface area contributed by atoms with Crippen LogP contribution in [0, 0.1) is 0 Å². The van der Waals surface area contributed by atoms with Crippen molar-refractivity contribution in [2.75, 3.05) is 4.81 Å². The summed E-state index contributed by atoms with van der Waals surface area (Å²) in [6.07, 6.45) is 2.33. The van der Waals surface area contributed by atoms with Gasteiger partial charge in [0.2, 0.25) is 0 Å². The summed E-state index contributed by atoms with van der Waals surface area (Å²) >= 11 is 0. The first-order valence-electron chi connectivity index (χ1n) is 21.3. The van der Waals surface area contributed by atoms with E-state index in [0.29, 0.717) is 0 Å². The summed E-state index contributed by atoms with van der Waals surface area (Å²) in [5.74, 6) is 0. The number of furan rings is 2. The van der Waals surface area contributed by atoms with E-state index >= 15 is 0 Å². The van der Waals surface area contributed by atoms with Crippen molar-refractivity contribution < 1.29 is 8.83 Å². The van der Waals surface area contributed by atoms with E-state index in [9.17, 15) is 0 Å². The topological polar surface area (TPSA) is 34.5 Å². The molecule has 0 atom stereocenters.